The van der Waals surface area contributed by atoms with Crippen LogP contribution in [0, 0.1) is 0 Å². The van der Waals surface area contributed by atoms with Crippen molar-refractivity contribution in [2.24, 2.45) is 0 Å². The Balaban J connectivity index is 0.000000490. The van der Waals surface area contributed by atoms with Gasteiger partial charge in [-0.15, -0.1) is 0 Å². The second-order valence-corrected chi connectivity index (χ2v) is 1.41. The molecular weight excluding hydrogens is 126 g/mol. The number of benzene rings is 1. The van der Waals surface area contributed by atoms with E-state index in [1.165, 1.54) is 0 Å². The van der Waals surface area contributed by atoms with Gasteiger partial charge in [-0.3, -0.25) is 0 Å². The van der Waals surface area contributed by atoms with Gasteiger partial charge in [-0.2, -0.15) is 0 Å². The second kappa shape index (κ2) is 4.19. The Morgan fingerprint density at radius 1 is 1.00 bits per heavy atom. The van der Waals surface area contributed by atoms with Crippen LogP contribution in [0.3, 0.4) is 0 Å². The molecule has 40 valence electrons. The molecule has 0 saturated heterocycles. The van der Waals surface area contributed by atoms with E-state index < -0.39 is 0 Å². The van der Waals surface area contributed by atoms with Crippen LogP contribution in [0.25, 0.3) is 0 Å². The van der Waals surface area contributed by atoms with Gasteiger partial charge in [0.15, 0.2) is 0 Å². The van der Waals surface area contributed by atoms with Gasteiger partial charge in [0.2, 0.25) is 0 Å². The zero-order valence-electron chi connectivity index (χ0n) is 3.96. The van der Waals surface area contributed by atoms with Crippen molar-refractivity contribution < 1.29 is 0 Å². The molecule has 0 aromatic heterocycles. The van der Waals surface area contributed by atoms with E-state index >= 15 is 0 Å². The number of hydrogen-bond acceptors (Lipinski definition) is 1. The summed E-state index contributed by atoms with van der Waals surface area (Å²) in [6, 6.07) is 9.49. The first-order valence-electron chi connectivity index (χ1n) is 2.20. The molecule has 1 nitrogen and oxygen atoms in total. The Morgan fingerprint density at radius 3 is 1.75 bits per heavy atom. The minimum atomic E-state index is 0. The van der Waals surface area contributed by atoms with Crippen LogP contribution >= 0.6 is 0 Å². The van der Waals surface area contributed by atoms with Crippen molar-refractivity contribution in [2.75, 3.05) is 5.73 Å². The Labute approximate surface area is 78.9 Å². The predicted octanol–water partition coefficient (Wildman–Crippen LogP) is 0.353. The molecule has 2 N–H and O–H groups in total. The average molecular weight is 135 g/mol. The summed E-state index contributed by atoms with van der Waals surface area (Å²) in [5.74, 6) is 0. The van der Waals surface area contributed by atoms with Gasteiger partial charge in [-0.05, 0) is 12.1 Å². The summed E-state index contributed by atoms with van der Waals surface area (Å²) in [5.41, 5.74) is 6.18. The second-order valence-electron chi connectivity index (χ2n) is 1.41. The molecule has 2 heteroatoms. The number of rotatable bonds is 0. The number of nitrogen functional groups attached to an aromatic ring is 1. The van der Waals surface area contributed by atoms with Gasteiger partial charge in [-0.1, -0.05) is 18.2 Å². The fourth-order valence-electron chi connectivity index (χ4n) is 0.453. The van der Waals surface area contributed by atoms with Crippen molar-refractivity contribution in [3.05, 3.63) is 30.3 Å². The van der Waals surface area contributed by atoms with Crippen LogP contribution < -0.4 is 5.73 Å². The molecule has 0 bridgehead atoms. The molecule has 0 unspecified atom stereocenters. The standard InChI is InChI=1S/C6H7N.Ca.2H/c7-6-4-2-1-3-5-6;;;/h1-5H,7H2;;;. The molecule has 0 atom stereocenters. The third kappa shape index (κ3) is 2.55. The molecule has 0 heterocycles. The van der Waals surface area contributed by atoms with Crippen molar-refractivity contribution >= 4 is 43.4 Å². The van der Waals surface area contributed by atoms with Crippen molar-refractivity contribution in [1.29, 1.82) is 0 Å². The summed E-state index contributed by atoms with van der Waals surface area (Å²) in [6.45, 7) is 0. The van der Waals surface area contributed by atoms with Crippen LogP contribution in [0.4, 0.5) is 5.69 Å². The molecular formula is C6H9CaN. The maximum absolute atomic E-state index is 5.36. The summed E-state index contributed by atoms with van der Waals surface area (Å²) in [7, 11) is 0. The van der Waals surface area contributed by atoms with Crippen LogP contribution in [0.5, 0.6) is 0 Å². The third-order valence-electron chi connectivity index (χ3n) is 0.800. The molecule has 8 heavy (non-hydrogen) atoms. The molecule has 0 spiro atoms. The number of nitrogens with two attached hydrogens (primary N) is 1. The van der Waals surface area contributed by atoms with Gasteiger partial charge in [0.05, 0.1) is 0 Å². The van der Waals surface area contributed by atoms with E-state index in [-0.39, 0.29) is 37.7 Å². The maximum atomic E-state index is 5.36. The summed E-state index contributed by atoms with van der Waals surface area (Å²) < 4.78 is 0. The number of hydrogen-bond donors (Lipinski definition) is 1. The zero-order valence-corrected chi connectivity index (χ0v) is 3.96. The average Bonchev–Trinajstić information content (AvgIpc) is 1.69. The van der Waals surface area contributed by atoms with Crippen molar-refractivity contribution in [1.82, 2.24) is 0 Å². The molecule has 1 aromatic rings. The monoisotopic (exact) mass is 135 g/mol. The molecule has 0 amide bonds. The van der Waals surface area contributed by atoms with Gasteiger partial charge >= 0.3 is 37.7 Å². The molecule has 1 rings (SSSR count). The van der Waals surface area contributed by atoms with Crippen LogP contribution in [0.15, 0.2) is 30.3 Å². The molecule has 1 aromatic carbocycles. The Kier molecular flexibility index (Phi) is 4.33. The van der Waals surface area contributed by atoms with Crippen LogP contribution in [-0.4, -0.2) is 37.7 Å². The van der Waals surface area contributed by atoms with E-state index in [1.807, 2.05) is 30.3 Å². The first-order chi connectivity index (χ1) is 3.39. The van der Waals surface area contributed by atoms with Gasteiger partial charge < -0.3 is 5.73 Å². The van der Waals surface area contributed by atoms with Crippen LogP contribution in [0.2, 0.25) is 0 Å². The normalized spacial score (nSPS) is 7.50. The molecule has 0 saturated carbocycles. The van der Waals surface area contributed by atoms with Gasteiger partial charge in [0.25, 0.3) is 0 Å². The van der Waals surface area contributed by atoms with E-state index in [1.54, 1.807) is 0 Å². The van der Waals surface area contributed by atoms with Gasteiger partial charge in [0.1, 0.15) is 0 Å². The summed E-state index contributed by atoms with van der Waals surface area (Å²) in [5, 5.41) is 0. The minimum absolute atomic E-state index is 0. The fourth-order valence-corrected chi connectivity index (χ4v) is 0.453. The SMILES string of the molecule is Nc1ccccc1.[CaH2]. The number of anilines is 1. The van der Waals surface area contributed by atoms with E-state index in [9.17, 15) is 0 Å². The zero-order chi connectivity index (χ0) is 5.11. The van der Waals surface area contributed by atoms with Crippen molar-refractivity contribution in [3.8, 4) is 0 Å². The van der Waals surface area contributed by atoms with E-state index in [4.69, 9.17) is 5.73 Å². The topological polar surface area (TPSA) is 26.0 Å². The fraction of sp³-hybridized carbons (Fsp3) is 0. The third-order valence-corrected chi connectivity index (χ3v) is 0.800. The van der Waals surface area contributed by atoms with Crippen molar-refractivity contribution in [2.45, 2.75) is 0 Å². The first-order valence-corrected chi connectivity index (χ1v) is 2.20. The molecule has 0 aliphatic rings. The summed E-state index contributed by atoms with van der Waals surface area (Å²) in [6.07, 6.45) is 0. The van der Waals surface area contributed by atoms with E-state index in [0.29, 0.717) is 0 Å². The predicted molar refractivity (Wildman–Crippen MR) is 39.4 cm³/mol. The summed E-state index contributed by atoms with van der Waals surface area (Å²) >= 11 is 0. The van der Waals surface area contributed by atoms with Crippen LogP contribution in [0.1, 0.15) is 0 Å². The Hall–Kier alpha value is 0.280. The Morgan fingerprint density at radius 2 is 1.50 bits per heavy atom. The first kappa shape index (κ1) is 8.28. The summed E-state index contributed by atoms with van der Waals surface area (Å²) in [4.78, 5) is 0. The molecule has 0 aliphatic heterocycles. The van der Waals surface area contributed by atoms with Gasteiger partial charge in [-0.25, -0.2) is 0 Å². The van der Waals surface area contributed by atoms with Crippen LogP contribution in [-0.2, 0) is 0 Å². The van der Waals surface area contributed by atoms with E-state index in [2.05, 4.69) is 0 Å². The molecule has 0 fully saturated rings. The van der Waals surface area contributed by atoms with Crippen molar-refractivity contribution in [3.63, 3.8) is 0 Å². The van der Waals surface area contributed by atoms with Gasteiger partial charge in [0, 0.05) is 5.69 Å². The molecule has 0 radical (unpaired) electrons. The van der Waals surface area contributed by atoms with E-state index in [0.717, 1.165) is 5.69 Å². The Bertz CT molecular complexity index is 138. The number of para-hydroxylation sites is 1. The molecule has 0 aliphatic carbocycles. The quantitative estimate of drug-likeness (QED) is 0.403.